The van der Waals surface area contributed by atoms with Gasteiger partial charge in [0.2, 0.25) is 0 Å². The number of ether oxygens (including phenoxy) is 1. The van der Waals surface area contributed by atoms with Crippen LogP contribution in [0, 0.1) is 0 Å². The Hall–Kier alpha value is -4.35. The molecule has 10 nitrogen and oxygen atoms in total. The molecule has 1 saturated carbocycles. The Labute approximate surface area is 263 Å². The molecule has 2 aromatic carbocycles. The third kappa shape index (κ3) is 5.89. The molecule has 1 fully saturated rings. The van der Waals surface area contributed by atoms with E-state index < -0.39 is 16.1 Å². The fourth-order valence-corrected chi connectivity index (χ4v) is 7.07. The van der Waals surface area contributed by atoms with E-state index >= 15 is 0 Å². The first-order valence-corrected chi connectivity index (χ1v) is 16.6. The first-order chi connectivity index (χ1) is 21.6. The molecular weight excluding hydrogens is 592 g/mol. The van der Waals surface area contributed by atoms with E-state index in [1.165, 1.54) is 26.1 Å². The van der Waals surface area contributed by atoms with Crippen LogP contribution in [0.4, 0.5) is 0 Å². The van der Waals surface area contributed by atoms with Gasteiger partial charge in [-0.25, -0.2) is 4.72 Å². The summed E-state index contributed by atoms with van der Waals surface area (Å²) in [5, 5.41) is 1.00. The Morgan fingerprint density at radius 2 is 1.82 bits per heavy atom. The molecule has 0 bridgehead atoms. The maximum atomic E-state index is 14.0. The van der Waals surface area contributed by atoms with Crippen molar-refractivity contribution >= 4 is 39.0 Å². The van der Waals surface area contributed by atoms with Gasteiger partial charge in [-0.2, -0.15) is 12.7 Å². The van der Waals surface area contributed by atoms with E-state index in [1.54, 1.807) is 43.5 Å². The van der Waals surface area contributed by atoms with Crippen molar-refractivity contribution in [3.63, 3.8) is 0 Å². The van der Waals surface area contributed by atoms with Gasteiger partial charge < -0.3 is 18.6 Å². The number of benzene rings is 2. The normalized spacial score (nSPS) is 15.3. The summed E-state index contributed by atoms with van der Waals surface area (Å²) >= 11 is 0. The predicted octanol–water partition coefficient (Wildman–Crippen LogP) is 5.55. The second kappa shape index (κ2) is 12.2. The van der Waals surface area contributed by atoms with Crippen molar-refractivity contribution in [2.75, 3.05) is 28.3 Å². The molecule has 0 unspecified atom stereocenters. The maximum absolute atomic E-state index is 14.0. The van der Waals surface area contributed by atoms with Crippen LogP contribution in [0.3, 0.4) is 0 Å². The molecule has 0 radical (unpaired) electrons. The van der Waals surface area contributed by atoms with Crippen molar-refractivity contribution in [2.45, 2.75) is 51.1 Å². The van der Waals surface area contributed by atoms with Crippen molar-refractivity contribution in [2.24, 2.45) is 0 Å². The minimum Gasteiger partial charge on any atom is -0.497 e. The molecule has 3 heterocycles. The average molecular weight is 631 g/mol. The quantitative estimate of drug-likeness (QED) is 0.273. The average Bonchev–Trinajstić information content (AvgIpc) is 3.61. The van der Waals surface area contributed by atoms with Crippen LogP contribution >= 0.6 is 0 Å². The van der Waals surface area contributed by atoms with E-state index in [4.69, 9.17) is 9.15 Å². The highest BCUT2D eigenvalue weighted by Crippen LogP contribution is 2.47. The van der Waals surface area contributed by atoms with Gasteiger partial charge in [-0.1, -0.05) is 25.3 Å². The lowest BCUT2D eigenvalue weighted by Gasteiger charge is -2.24. The summed E-state index contributed by atoms with van der Waals surface area (Å²) in [6.07, 6.45) is 9.08. The summed E-state index contributed by atoms with van der Waals surface area (Å²) in [5.74, 6) is 0.798. The molecule has 45 heavy (non-hydrogen) atoms. The number of likely N-dealkylation sites (N-methyl/N-ethyl adjacent to an activating group) is 1. The lowest BCUT2D eigenvalue weighted by atomic mass is 9.81. The first-order valence-electron chi connectivity index (χ1n) is 15.1. The van der Waals surface area contributed by atoms with E-state index in [0.29, 0.717) is 29.5 Å². The molecule has 1 aliphatic carbocycles. The largest absolute Gasteiger partial charge is 0.497 e. The second-order valence-corrected chi connectivity index (χ2v) is 13.9. The Balaban J connectivity index is 1.54. The smallest absolute Gasteiger partial charge is 0.303 e. The zero-order valence-corrected chi connectivity index (χ0v) is 26.8. The van der Waals surface area contributed by atoms with Gasteiger partial charge in [-0.05, 0) is 78.4 Å². The van der Waals surface area contributed by atoms with Gasteiger partial charge in [0, 0.05) is 48.7 Å². The molecule has 0 atom stereocenters. The number of carbonyl (C=O) groups is 2. The third-order valence-corrected chi connectivity index (χ3v) is 10.3. The van der Waals surface area contributed by atoms with Gasteiger partial charge in [0.05, 0.1) is 32.2 Å². The van der Waals surface area contributed by atoms with Gasteiger partial charge in [0.25, 0.3) is 11.8 Å². The molecular formula is C34H38N4O6S. The number of methoxy groups -OCH3 is 1. The summed E-state index contributed by atoms with van der Waals surface area (Å²) in [7, 11) is 2.12. The van der Waals surface area contributed by atoms with Gasteiger partial charge in [0.15, 0.2) is 0 Å². The first kappa shape index (κ1) is 30.7. The Kier molecular flexibility index (Phi) is 8.32. The minimum atomic E-state index is -3.98. The molecule has 2 amide bonds. The maximum Gasteiger partial charge on any atom is 0.303 e. The van der Waals surface area contributed by atoms with Crippen LogP contribution in [-0.2, 0) is 28.1 Å². The number of hydrogen-bond donors (Lipinski definition) is 1. The second-order valence-electron chi connectivity index (χ2n) is 12.0. The minimum absolute atomic E-state index is 0.153. The molecule has 1 N–H and O–H groups in total. The fraction of sp³-hybridized carbons (Fsp3) is 0.353. The van der Waals surface area contributed by atoms with Crippen molar-refractivity contribution in [1.82, 2.24) is 18.5 Å². The summed E-state index contributed by atoms with van der Waals surface area (Å²) in [5.41, 5.74) is 5.62. The highest BCUT2D eigenvalue weighted by atomic mass is 32.2. The molecule has 1 aliphatic heterocycles. The SMILES string of the molecule is COc1ccc2c(c1)C=C(C(=O)N(C)Cc1ccco1)Cn1c-2c(C2CCCCC2)c2ccc(C(=O)NS(=O)(=O)N(C)C)cc21. The van der Waals surface area contributed by atoms with Crippen molar-refractivity contribution in [3.05, 3.63) is 82.8 Å². The highest BCUT2D eigenvalue weighted by Gasteiger charge is 2.31. The van der Waals surface area contributed by atoms with Crippen molar-refractivity contribution in [3.8, 4) is 17.0 Å². The Morgan fingerprint density at radius 1 is 1.04 bits per heavy atom. The van der Waals surface area contributed by atoms with Crippen LogP contribution in [0.5, 0.6) is 5.75 Å². The standard InChI is InChI=1S/C34H38N4O6S/c1-36(2)45(41,42)35-33(39)23-12-14-29-30(19-23)38-20-25(34(40)37(3)21-27-11-8-16-44-27)17-24-18-26(43-4)13-15-28(24)32(38)31(29)22-9-6-5-7-10-22/h8,11-19,22H,5-7,9-10,20-21H2,1-4H3,(H,35,39). The van der Waals surface area contributed by atoms with Crippen LogP contribution in [0.15, 0.2) is 64.8 Å². The van der Waals surface area contributed by atoms with Crippen molar-refractivity contribution < 1.29 is 27.2 Å². The number of nitrogens with zero attached hydrogens (tertiary/aromatic N) is 3. The summed E-state index contributed by atoms with van der Waals surface area (Å²) in [6.45, 7) is 0.573. The van der Waals surface area contributed by atoms with Crippen molar-refractivity contribution in [1.29, 1.82) is 0 Å². The molecule has 4 aromatic rings. The van der Waals surface area contributed by atoms with Gasteiger partial charge in [0.1, 0.15) is 11.5 Å². The van der Waals surface area contributed by atoms with Crippen LogP contribution in [0.25, 0.3) is 28.2 Å². The van der Waals surface area contributed by atoms with Crippen LogP contribution in [0.1, 0.15) is 65.3 Å². The number of fused-ring (bicyclic) bond motifs is 5. The van der Waals surface area contributed by atoms with Crippen LogP contribution < -0.4 is 9.46 Å². The van der Waals surface area contributed by atoms with Crippen LogP contribution in [0.2, 0.25) is 0 Å². The molecule has 2 aliphatic rings. The number of furan rings is 1. The Bertz CT molecular complexity index is 1900. The number of aromatic nitrogens is 1. The van der Waals surface area contributed by atoms with E-state index in [9.17, 15) is 18.0 Å². The fourth-order valence-electron chi connectivity index (χ4n) is 6.53. The van der Waals surface area contributed by atoms with E-state index in [2.05, 4.69) is 9.29 Å². The highest BCUT2D eigenvalue weighted by molar-refractivity contribution is 7.87. The van der Waals surface area contributed by atoms with Gasteiger partial charge in [-0.3, -0.25) is 9.59 Å². The van der Waals surface area contributed by atoms with Crippen LogP contribution in [-0.4, -0.2) is 62.3 Å². The van der Waals surface area contributed by atoms with E-state index in [-0.39, 0.29) is 18.0 Å². The van der Waals surface area contributed by atoms with E-state index in [0.717, 1.165) is 57.7 Å². The zero-order valence-electron chi connectivity index (χ0n) is 26.0. The summed E-state index contributed by atoms with van der Waals surface area (Å²) in [4.78, 5) is 28.9. The Morgan fingerprint density at radius 3 is 2.51 bits per heavy atom. The third-order valence-electron chi connectivity index (χ3n) is 8.85. The molecule has 6 rings (SSSR count). The molecule has 0 spiro atoms. The zero-order chi connectivity index (χ0) is 31.9. The van der Waals surface area contributed by atoms with Gasteiger partial charge in [-0.15, -0.1) is 0 Å². The molecule has 11 heteroatoms. The molecule has 0 saturated heterocycles. The monoisotopic (exact) mass is 630 g/mol. The summed E-state index contributed by atoms with van der Waals surface area (Å²) in [6, 6.07) is 14.9. The molecule has 236 valence electrons. The lowest BCUT2D eigenvalue weighted by Crippen LogP contribution is -2.39. The predicted molar refractivity (Wildman–Crippen MR) is 173 cm³/mol. The van der Waals surface area contributed by atoms with Gasteiger partial charge >= 0.3 is 10.2 Å². The number of amides is 2. The number of rotatable bonds is 8. The number of carbonyl (C=O) groups excluding carboxylic acids is 2. The number of hydrogen-bond acceptors (Lipinski definition) is 6. The lowest BCUT2D eigenvalue weighted by molar-refractivity contribution is -0.126. The topological polar surface area (TPSA) is 114 Å². The van der Waals surface area contributed by atoms with E-state index in [1.807, 2.05) is 36.4 Å². The summed E-state index contributed by atoms with van der Waals surface area (Å²) < 4.78 is 41.3. The number of nitrogens with one attached hydrogen (secondary N) is 1. The molecule has 2 aromatic heterocycles.